The van der Waals surface area contributed by atoms with Crippen molar-refractivity contribution in [1.29, 1.82) is 0 Å². The van der Waals surface area contributed by atoms with Gasteiger partial charge in [-0.05, 0) is 34.7 Å². The standard InChI is InChI=1S/C25H28ClN3O2/c1-28-25(31)23(15-17-7-3-2-4-8-17)29-24(30)22(26)16-21(27)14-18-11-12-19-9-5-6-10-20(19)13-18/h2-13,21-23H,14-16,27H2,1H3,(H,28,31)(H,29,30)/t21-,22?,23-/m1/s1. The fourth-order valence-electron chi connectivity index (χ4n) is 3.62. The Kier molecular flexibility index (Phi) is 8.04. The van der Waals surface area contributed by atoms with E-state index in [9.17, 15) is 9.59 Å². The second-order valence-corrected chi connectivity index (χ2v) is 8.24. The Morgan fingerprint density at radius 2 is 1.55 bits per heavy atom. The number of fused-ring (bicyclic) bond motifs is 1. The van der Waals surface area contributed by atoms with Crippen LogP contribution in [0.4, 0.5) is 0 Å². The van der Waals surface area contributed by atoms with Gasteiger partial charge in [0.15, 0.2) is 0 Å². The maximum Gasteiger partial charge on any atom is 0.242 e. The fraction of sp³-hybridized carbons (Fsp3) is 0.280. The van der Waals surface area contributed by atoms with E-state index in [2.05, 4.69) is 34.9 Å². The van der Waals surface area contributed by atoms with E-state index in [0.717, 1.165) is 16.5 Å². The molecule has 0 bridgehead atoms. The molecule has 0 aliphatic heterocycles. The lowest BCUT2D eigenvalue weighted by Crippen LogP contribution is -2.49. The average Bonchev–Trinajstić information content (AvgIpc) is 2.78. The molecule has 3 rings (SSSR count). The van der Waals surface area contributed by atoms with E-state index in [4.69, 9.17) is 17.3 Å². The molecule has 0 aliphatic rings. The lowest BCUT2D eigenvalue weighted by atomic mass is 9.99. The summed E-state index contributed by atoms with van der Waals surface area (Å²) in [6, 6.07) is 22.9. The molecule has 31 heavy (non-hydrogen) atoms. The Morgan fingerprint density at radius 3 is 2.26 bits per heavy atom. The van der Waals surface area contributed by atoms with Crippen LogP contribution in [0.5, 0.6) is 0 Å². The predicted molar refractivity (Wildman–Crippen MR) is 126 cm³/mol. The molecule has 3 aromatic rings. The van der Waals surface area contributed by atoms with Crippen LogP contribution >= 0.6 is 11.6 Å². The van der Waals surface area contributed by atoms with E-state index < -0.39 is 11.4 Å². The van der Waals surface area contributed by atoms with E-state index in [-0.39, 0.29) is 17.9 Å². The van der Waals surface area contributed by atoms with E-state index >= 15 is 0 Å². The Hall–Kier alpha value is -2.89. The number of amides is 2. The van der Waals surface area contributed by atoms with Crippen molar-refractivity contribution in [3.63, 3.8) is 0 Å². The van der Waals surface area contributed by atoms with Gasteiger partial charge < -0.3 is 16.4 Å². The van der Waals surface area contributed by atoms with Gasteiger partial charge in [0.25, 0.3) is 0 Å². The van der Waals surface area contributed by atoms with Crippen molar-refractivity contribution in [3.05, 3.63) is 83.9 Å². The molecular formula is C25H28ClN3O2. The molecule has 4 N–H and O–H groups in total. The summed E-state index contributed by atoms with van der Waals surface area (Å²) in [6.07, 6.45) is 1.31. The number of halogens is 1. The Morgan fingerprint density at radius 1 is 0.871 bits per heavy atom. The van der Waals surface area contributed by atoms with Crippen LogP contribution < -0.4 is 16.4 Å². The zero-order chi connectivity index (χ0) is 22.2. The van der Waals surface area contributed by atoms with Gasteiger partial charge in [0, 0.05) is 19.5 Å². The first kappa shape index (κ1) is 22.8. The summed E-state index contributed by atoms with van der Waals surface area (Å²) in [5.74, 6) is -0.651. The number of rotatable bonds is 9. The first-order valence-electron chi connectivity index (χ1n) is 10.4. The number of carbonyl (C=O) groups excluding carboxylic acids is 2. The molecule has 2 amide bonds. The number of hydrogen-bond donors (Lipinski definition) is 3. The van der Waals surface area contributed by atoms with Crippen LogP contribution in [-0.2, 0) is 22.4 Å². The van der Waals surface area contributed by atoms with Crippen molar-refractivity contribution in [2.24, 2.45) is 5.73 Å². The second kappa shape index (κ2) is 10.9. The molecule has 3 atom stereocenters. The number of alkyl halides is 1. The molecule has 0 heterocycles. The summed E-state index contributed by atoms with van der Waals surface area (Å²) in [5.41, 5.74) is 8.34. The highest BCUT2D eigenvalue weighted by Crippen LogP contribution is 2.18. The first-order valence-corrected chi connectivity index (χ1v) is 10.8. The summed E-state index contributed by atoms with van der Waals surface area (Å²) >= 11 is 6.36. The fourth-order valence-corrected chi connectivity index (χ4v) is 3.91. The molecule has 0 saturated carbocycles. The number of benzene rings is 3. The van der Waals surface area contributed by atoms with Crippen molar-refractivity contribution < 1.29 is 9.59 Å². The minimum atomic E-state index is -0.821. The molecule has 0 spiro atoms. The van der Waals surface area contributed by atoms with Crippen LogP contribution in [0.1, 0.15) is 17.5 Å². The third-order valence-electron chi connectivity index (χ3n) is 5.27. The molecule has 0 aliphatic carbocycles. The molecule has 1 unspecified atom stereocenters. The minimum absolute atomic E-state index is 0.262. The zero-order valence-electron chi connectivity index (χ0n) is 17.6. The molecule has 162 valence electrons. The van der Waals surface area contributed by atoms with Crippen molar-refractivity contribution in [2.75, 3.05) is 7.05 Å². The largest absolute Gasteiger partial charge is 0.357 e. The van der Waals surface area contributed by atoms with E-state index in [0.29, 0.717) is 19.3 Å². The van der Waals surface area contributed by atoms with Gasteiger partial charge in [-0.3, -0.25) is 9.59 Å². The SMILES string of the molecule is CNC(=O)[C@@H](Cc1ccccc1)NC(=O)C(Cl)C[C@H](N)Cc1ccc2ccccc2c1. The van der Waals surface area contributed by atoms with Crippen LogP contribution in [0.15, 0.2) is 72.8 Å². The quantitative estimate of drug-likeness (QED) is 0.449. The van der Waals surface area contributed by atoms with Gasteiger partial charge >= 0.3 is 0 Å². The van der Waals surface area contributed by atoms with E-state index in [1.54, 1.807) is 7.05 Å². The molecule has 0 aromatic heterocycles. The number of nitrogens with two attached hydrogens (primary N) is 1. The van der Waals surface area contributed by atoms with Crippen molar-refractivity contribution in [1.82, 2.24) is 10.6 Å². The van der Waals surface area contributed by atoms with Crippen LogP contribution in [0.3, 0.4) is 0 Å². The summed E-state index contributed by atoms with van der Waals surface area (Å²) in [4.78, 5) is 24.9. The summed E-state index contributed by atoms with van der Waals surface area (Å²) in [6.45, 7) is 0. The van der Waals surface area contributed by atoms with Crippen molar-refractivity contribution in [3.8, 4) is 0 Å². The molecular weight excluding hydrogens is 410 g/mol. The molecule has 5 nitrogen and oxygen atoms in total. The summed E-state index contributed by atoms with van der Waals surface area (Å²) in [7, 11) is 1.55. The second-order valence-electron chi connectivity index (χ2n) is 7.71. The number of nitrogens with one attached hydrogen (secondary N) is 2. The third kappa shape index (κ3) is 6.54. The maximum absolute atomic E-state index is 12.6. The topological polar surface area (TPSA) is 84.2 Å². The third-order valence-corrected chi connectivity index (χ3v) is 5.64. The van der Waals surface area contributed by atoms with Gasteiger partial charge in [-0.1, -0.05) is 72.8 Å². The number of likely N-dealkylation sites (N-methyl/N-ethyl adjacent to an activating group) is 1. The minimum Gasteiger partial charge on any atom is -0.357 e. The molecule has 0 radical (unpaired) electrons. The normalized spacial score (nSPS) is 13.9. The average molecular weight is 438 g/mol. The molecule has 3 aromatic carbocycles. The van der Waals surface area contributed by atoms with Crippen LogP contribution in [0, 0.1) is 0 Å². The summed E-state index contributed by atoms with van der Waals surface area (Å²) in [5, 5.41) is 6.87. The first-order chi connectivity index (χ1) is 15.0. The Balaban J connectivity index is 1.57. The zero-order valence-corrected chi connectivity index (χ0v) is 18.3. The number of hydrogen-bond acceptors (Lipinski definition) is 3. The van der Waals surface area contributed by atoms with Crippen molar-refractivity contribution in [2.45, 2.75) is 36.7 Å². The van der Waals surface area contributed by atoms with Crippen LogP contribution in [0.25, 0.3) is 10.8 Å². The molecule has 0 saturated heterocycles. The number of carbonyl (C=O) groups is 2. The predicted octanol–water partition coefficient (Wildman–Crippen LogP) is 3.18. The smallest absolute Gasteiger partial charge is 0.242 e. The van der Waals surface area contributed by atoms with E-state index in [1.807, 2.05) is 48.5 Å². The van der Waals surface area contributed by atoms with E-state index in [1.165, 1.54) is 5.39 Å². The Bertz CT molecular complexity index is 1030. The lowest BCUT2D eigenvalue weighted by molar-refractivity contribution is -0.128. The van der Waals surface area contributed by atoms with Crippen LogP contribution in [0.2, 0.25) is 0 Å². The molecule has 0 fully saturated rings. The van der Waals surface area contributed by atoms with Gasteiger partial charge in [0.1, 0.15) is 11.4 Å². The van der Waals surface area contributed by atoms with Gasteiger partial charge in [0.05, 0.1) is 0 Å². The van der Waals surface area contributed by atoms with Gasteiger partial charge in [-0.2, -0.15) is 0 Å². The summed E-state index contributed by atoms with van der Waals surface area (Å²) < 4.78 is 0. The molecule has 6 heteroatoms. The van der Waals surface area contributed by atoms with Crippen molar-refractivity contribution >= 4 is 34.2 Å². The monoisotopic (exact) mass is 437 g/mol. The van der Waals surface area contributed by atoms with Gasteiger partial charge in [0.2, 0.25) is 11.8 Å². The highest BCUT2D eigenvalue weighted by atomic mass is 35.5. The Labute approximate surface area is 188 Å². The highest BCUT2D eigenvalue weighted by molar-refractivity contribution is 6.30. The highest BCUT2D eigenvalue weighted by Gasteiger charge is 2.25. The van der Waals surface area contributed by atoms with Gasteiger partial charge in [-0.25, -0.2) is 0 Å². The van der Waals surface area contributed by atoms with Crippen LogP contribution in [-0.4, -0.2) is 36.3 Å². The lowest BCUT2D eigenvalue weighted by Gasteiger charge is -2.21. The maximum atomic E-state index is 12.6. The van der Waals surface area contributed by atoms with Gasteiger partial charge in [-0.15, -0.1) is 11.6 Å².